The predicted molar refractivity (Wildman–Crippen MR) is 50.2 cm³/mol. The molecular weight excluding hydrogens is 207 g/mol. The monoisotopic (exact) mass is 219 g/mol. The number of aliphatic hydroxyl groups is 1. The predicted octanol–water partition coefficient (Wildman–Crippen LogP) is 2.00. The number of halogens is 3. The average molecular weight is 219 g/mol. The van der Waals surface area contributed by atoms with E-state index in [1.54, 1.807) is 13.1 Å². The first-order chi connectivity index (χ1) is 6.95. The molecule has 15 heavy (non-hydrogen) atoms. The first kappa shape index (κ1) is 12.0. The molecule has 1 unspecified atom stereocenters. The minimum atomic E-state index is -4.61. The first-order valence-corrected chi connectivity index (χ1v) is 4.43. The molecule has 0 fully saturated rings. The van der Waals surface area contributed by atoms with Gasteiger partial charge in [-0.1, -0.05) is 24.3 Å². The van der Waals surface area contributed by atoms with Crippen molar-refractivity contribution < 1.29 is 18.3 Å². The third-order valence-corrected chi connectivity index (χ3v) is 1.96. The number of aliphatic hydroxyl groups excluding tert-OH is 1. The van der Waals surface area contributed by atoms with E-state index >= 15 is 0 Å². The Balaban J connectivity index is 2.90. The van der Waals surface area contributed by atoms with Crippen molar-refractivity contribution in [3.8, 4) is 0 Å². The summed E-state index contributed by atoms with van der Waals surface area (Å²) in [5.41, 5.74) is 0.577. The summed E-state index contributed by atoms with van der Waals surface area (Å²) in [6.45, 7) is 0.471. The standard InChI is InChI=1S/C10H12F3NO/c1-14-6-7-3-2-4-8(5-7)9(15)10(11,12)13/h2-5,9,14-15H,6H2,1H3. The Morgan fingerprint density at radius 3 is 2.60 bits per heavy atom. The van der Waals surface area contributed by atoms with Crippen LogP contribution < -0.4 is 5.32 Å². The van der Waals surface area contributed by atoms with Crippen LogP contribution in [-0.4, -0.2) is 18.3 Å². The summed E-state index contributed by atoms with van der Waals surface area (Å²) < 4.78 is 36.6. The van der Waals surface area contributed by atoms with Gasteiger partial charge in [0, 0.05) is 6.54 Å². The van der Waals surface area contributed by atoms with Crippen LogP contribution in [0.4, 0.5) is 13.2 Å². The lowest BCUT2D eigenvalue weighted by atomic mass is 10.1. The Bertz CT molecular complexity index is 325. The molecule has 1 atom stereocenters. The second kappa shape index (κ2) is 4.63. The minimum Gasteiger partial charge on any atom is -0.379 e. The van der Waals surface area contributed by atoms with Crippen LogP contribution in [0.1, 0.15) is 17.2 Å². The van der Waals surface area contributed by atoms with Gasteiger partial charge in [0.05, 0.1) is 0 Å². The van der Waals surface area contributed by atoms with Crippen LogP contribution in [0.2, 0.25) is 0 Å². The molecule has 0 radical (unpaired) electrons. The molecule has 0 aliphatic rings. The fraction of sp³-hybridized carbons (Fsp3) is 0.400. The maximum absolute atomic E-state index is 12.2. The molecule has 0 bridgehead atoms. The Morgan fingerprint density at radius 1 is 1.40 bits per heavy atom. The Kier molecular flexibility index (Phi) is 3.71. The summed E-state index contributed by atoms with van der Waals surface area (Å²) in [5.74, 6) is 0. The molecule has 0 aliphatic heterocycles. The fourth-order valence-corrected chi connectivity index (χ4v) is 1.27. The van der Waals surface area contributed by atoms with Crippen molar-refractivity contribution in [2.75, 3.05) is 7.05 Å². The van der Waals surface area contributed by atoms with Crippen molar-refractivity contribution in [2.24, 2.45) is 0 Å². The van der Waals surface area contributed by atoms with Crippen LogP contribution in [-0.2, 0) is 6.54 Å². The largest absolute Gasteiger partial charge is 0.418 e. The van der Waals surface area contributed by atoms with Crippen molar-refractivity contribution in [3.05, 3.63) is 35.4 Å². The molecule has 0 spiro atoms. The van der Waals surface area contributed by atoms with Crippen LogP contribution in [0.25, 0.3) is 0 Å². The van der Waals surface area contributed by atoms with E-state index in [9.17, 15) is 13.2 Å². The summed E-state index contributed by atoms with van der Waals surface area (Å²) in [5, 5.41) is 11.8. The average Bonchev–Trinajstić information content (AvgIpc) is 2.16. The zero-order valence-electron chi connectivity index (χ0n) is 8.17. The van der Waals surface area contributed by atoms with E-state index in [1.807, 2.05) is 0 Å². The number of hydrogen-bond donors (Lipinski definition) is 2. The van der Waals surface area contributed by atoms with E-state index in [4.69, 9.17) is 5.11 Å². The Labute approximate surface area is 85.7 Å². The highest BCUT2D eigenvalue weighted by Gasteiger charge is 2.39. The third-order valence-electron chi connectivity index (χ3n) is 1.96. The second-order valence-electron chi connectivity index (χ2n) is 3.22. The van der Waals surface area contributed by atoms with Gasteiger partial charge in [0.25, 0.3) is 0 Å². The Morgan fingerprint density at radius 2 is 2.07 bits per heavy atom. The first-order valence-electron chi connectivity index (χ1n) is 4.43. The normalized spacial score (nSPS) is 13.9. The van der Waals surface area contributed by atoms with Crippen LogP contribution in [0.3, 0.4) is 0 Å². The van der Waals surface area contributed by atoms with E-state index in [-0.39, 0.29) is 5.56 Å². The number of hydrogen-bond acceptors (Lipinski definition) is 2. The topological polar surface area (TPSA) is 32.3 Å². The maximum Gasteiger partial charge on any atom is 0.418 e. The van der Waals surface area contributed by atoms with Crippen molar-refractivity contribution in [3.63, 3.8) is 0 Å². The van der Waals surface area contributed by atoms with Gasteiger partial charge in [-0.2, -0.15) is 13.2 Å². The van der Waals surface area contributed by atoms with Crippen LogP contribution >= 0.6 is 0 Å². The van der Waals surface area contributed by atoms with Crippen LogP contribution in [0, 0.1) is 0 Å². The highest BCUT2D eigenvalue weighted by atomic mass is 19.4. The van der Waals surface area contributed by atoms with Gasteiger partial charge in [0.1, 0.15) is 0 Å². The number of rotatable bonds is 3. The van der Waals surface area contributed by atoms with Crippen LogP contribution in [0.5, 0.6) is 0 Å². The molecule has 0 saturated carbocycles. The van der Waals surface area contributed by atoms with Gasteiger partial charge in [0.15, 0.2) is 6.10 Å². The zero-order valence-corrected chi connectivity index (χ0v) is 8.17. The fourth-order valence-electron chi connectivity index (χ4n) is 1.27. The lowest BCUT2D eigenvalue weighted by molar-refractivity contribution is -0.206. The molecule has 84 valence electrons. The van der Waals surface area contributed by atoms with Gasteiger partial charge in [0.2, 0.25) is 0 Å². The molecule has 1 aromatic rings. The molecule has 1 rings (SSSR count). The second-order valence-corrected chi connectivity index (χ2v) is 3.22. The summed E-state index contributed by atoms with van der Waals surface area (Å²) in [6.07, 6.45) is -7.02. The lowest BCUT2D eigenvalue weighted by Gasteiger charge is -2.15. The summed E-state index contributed by atoms with van der Waals surface area (Å²) in [4.78, 5) is 0. The van der Waals surface area contributed by atoms with Crippen molar-refractivity contribution in [1.82, 2.24) is 5.32 Å². The zero-order chi connectivity index (χ0) is 11.5. The van der Waals surface area contributed by atoms with Gasteiger partial charge in [-0.15, -0.1) is 0 Å². The summed E-state index contributed by atoms with van der Waals surface area (Å²) in [6, 6.07) is 5.80. The minimum absolute atomic E-state index is 0.129. The molecule has 0 amide bonds. The molecule has 5 heteroatoms. The lowest BCUT2D eigenvalue weighted by Crippen LogP contribution is -2.20. The highest BCUT2D eigenvalue weighted by Crippen LogP contribution is 2.32. The summed E-state index contributed by atoms with van der Waals surface area (Å²) in [7, 11) is 1.70. The molecule has 2 nitrogen and oxygen atoms in total. The van der Waals surface area contributed by atoms with E-state index in [1.165, 1.54) is 18.2 Å². The SMILES string of the molecule is CNCc1cccc(C(O)C(F)(F)F)c1. The molecule has 0 aromatic heterocycles. The van der Waals surface area contributed by atoms with E-state index < -0.39 is 12.3 Å². The Hall–Kier alpha value is -1.07. The van der Waals surface area contributed by atoms with Crippen molar-refractivity contribution in [1.29, 1.82) is 0 Å². The van der Waals surface area contributed by atoms with Gasteiger partial charge in [-0.3, -0.25) is 0 Å². The number of benzene rings is 1. The van der Waals surface area contributed by atoms with Gasteiger partial charge in [-0.25, -0.2) is 0 Å². The quantitative estimate of drug-likeness (QED) is 0.815. The molecule has 0 saturated heterocycles. The van der Waals surface area contributed by atoms with Crippen LogP contribution in [0.15, 0.2) is 24.3 Å². The maximum atomic E-state index is 12.2. The van der Waals surface area contributed by atoms with E-state index in [0.29, 0.717) is 12.1 Å². The van der Waals surface area contributed by atoms with Crippen molar-refractivity contribution >= 4 is 0 Å². The molecule has 1 aromatic carbocycles. The molecule has 0 heterocycles. The number of nitrogens with one attached hydrogen (secondary N) is 1. The molecule has 0 aliphatic carbocycles. The smallest absolute Gasteiger partial charge is 0.379 e. The van der Waals surface area contributed by atoms with Crippen molar-refractivity contribution in [2.45, 2.75) is 18.8 Å². The highest BCUT2D eigenvalue weighted by molar-refractivity contribution is 5.25. The van der Waals surface area contributed by atoms with E-state index in [2.05, 4.69) is 5.32 Å². The van der Waals surface area contributed by atoms with Gasteiger partial charge in [-0.05, 0) is 18.2 Å². The molecular formula is C10H12F3NO. The van der Waals surface area contributed by atoms with Gasteiger partial charge >= 0.3 is 6.18 Å². The summed E-state index contributed by atoms with van der Waals surface area (Å²) >= 11 is 0. The third kappa shape index (κ3) is 3.21. The van der Waals surface area contributed by atoms with E-state index in [0.717, 1.165) is 0 Å². The number of alkyl halides is 3. The van der Waals surface area contributed by atoms with Gasteiger partial charge < -0.3 is 10.4 Å². The molecule has 2 N–H and O–H groups in total.